The summed E-state index contributed by atoms with van der Waals surface area (Å²) in [4.78, 5) is 11.5. The molecule has 0 aliphatic carbocycles. The number of carbonyl (C=O) groups is 1. The summed E-state index contributed by atoms with van der Waals surface area (Å²) >= 11 is 7.40. The molecule has 0 unspecified atom stereocenters. The van der Waals surface area contributed by atoms with Gasteiger partial charge in [-0.3, -0.25) is 4.79 Å². The van der Waals surface area contributed by atoms with E-state index in [4.69, 9.17) is 22.0 Å². The number of hydrogen-bond donors (Lipinski definition) is 1. The van der Waals surface area contributed by atoms with Gasteiger partial charge in [-0.05, 0) is 29.7 Å². The summed E-state index contributed by atoms with van der Waals surface area (Å²) < 4.78 is 0. The molecule has 0 saturated carbocycles. The van der Waals surface area contributed by atoms with Crippen molar-refractivity contribution in [2.24, 2.45) is 0 Å². The van der Waals surface area contributed by atoms with Crippen LogP contribution in [-0.2, 0) is 17.6 Å². The quantitative estimate of drug-likeness (QED) is 0.834. The van der Waals surface area contributed by atoms with Crippen molar-refractivity contribution in [1.82, 2.24) is 0 Å². The molecular formula is C12H12ClNO2S. The van der Waals surface area contributed by atoms with Gasteiger partial charge in [-0.15, -0.1) is 11.8 Å². The van der Waals surface area contributed by atoms with Crippen molar-refractivity contribution in [2.45, 2.75) is 24.7 Å². The van der Waals surface area contributed by atoms with Gasteiger partial charge in [-0.2, -0.15) is 5.26 Å². The van der Waals surface area contributed by atoms with Gasteiger partial charge in [0.2, 0.25) is 0 Å². The third-order valence-corrected chi connectivity index (χ3v) is 3.62. The number of aryl methyl sites for hydroxylation is 1. The number of nitriles is 1. The zero-order valence-electron chi connectivity index (χ0n) is 9.36. The van der Waals surface area contributed by atoms with E-state index in [1.807, 2.05) is 13.0 Å². The molecule has 0 radical (unpaired) electrons. The van der Waals surface area contributed by atoms with Gasteiger partial charge in [0.05, 0.1) is 23.3 Å². The van der Waals surface area contributed by atoms with Gasteiger partial charge in [0.1, 0.15) is 0 Å². The number of carboxylic acids is 1. The SMILES string of the molecule is CCc1cc(Cl)c(SCC#N)cc1CC(=O)O. The second-order valence-electron chi connectivity index (χ2n) is 3.42. The normalized spacial score (nSPS) is 9.94. The lowest BCUT2D eigenvalue weighted by Gasteiger charge is -2.10. The Morgan fingerprint density at radius 1 is 1.53 bits per heavy atom. The lowest BCUT2D eigenvalue weighted by Crippen LogP contribution is -2.03. The van der Waals surface area contributed by atoms with E-state index in [0.29, 0.717) is 10.8 Å². The van der Waals surface area contributed by atoms with Gasteiger partial charge in [0.15, 0.2) is 0 Å². The van der Waals surface area contributed by atoms with E-state index in [9.17, 15) is 4.79 Å². The van der Waals surface area contributed by atoms with Crippen LogP contribution in [0.5, 0.6) is 0 Å². The number of rotatable bonds is 5. The molecule has 1 aromatic carbocycles. The smallest absolute Gasteiger partial charge is 0.307 e. The van der Waals surface area contributed by atoms with Crippen LogP contribution in [0, 0.1) is 11.3 Å². The Morgan fingerprint density at radius 3 is 2.76 bits per heavy atom. The van der Waals surface area contributed by atoms with Crippen LogP contribution in [0.2, 0.25) is 5.02 Å². The minimum absolute atomic E-state index is 0.0134. The molecule has 3 nitrogen and oxygen atoms in total. The molecule has 0 heterocycles. The van der Waals surface area contributed by atoms with Gasteiger partial charge >= 0.3 is 5.97 Å². The number of benzene rings is 1. The van der Waals surface area contributed by atoms with Crippen molar-refractivity contribution in [2.75, 3.05) is 5.75 Å². The average molecular weight is 270 g/mol. The van der Waals surface area contributed by atoms with E-state index < -0.39 is 5.97 Å². The summed E-state index contributed by atoms with van der Waals surface area (Å²) in [5.41, 5.74) is 1.71. The molecular weight excluding hydrogens is 258 g/mol. The summed E-state index contributed by atoms with van der Waals surface area (Å²) in [5, 5.41) is 17.9. The third kappa shape index (κ3) is 3.95. The molecule has 17 heavy (non-hydrogen) atoms. The minimum atomic E-state index is -0.863. The van der Waals surface area contributed by atoms with E-state index in [2.05, 4.69) is 0 Å². The Labute approximate surface area is 109 Å². The predicted molar refractivity (Wildman–Crippen MR) is 68.5 cm³/mol. The zero-order chi connectivity index (χ0) is 12.8. The number of aliphatic carboxylic acids is 1. The Bertz CT molecular complexity index is 468. The molecule has 0 aliphatic rings. The van der Waals surface area contributed by atoms with Crippen molar-refractivity contribution in [3.63, 3.8) is 0 Å². The first-order valence-electron chi connectivity index (χ1n) is 5.11. The highest BCUT2D eigenvalue weighted by Gasteiger charge is 2.10. The van der Waals surface area contributed by atoms with Gasteiger partial charge in [0.25, 0.3) is 0 Å². The minimum Gasteiger partial charge on any atom is -0.481 e. The van der Waals surface area contributed by atoms with Crippen LogP contribution in [-0.4, -0.2) is 16.8 Å². The van der Waals surface area contributed by atoms with E-state index in [1.54, 1.807) is 12.1 Å². The molecule has 1 N–H and O–H groups in total. The van der Waals surface area contributed by atoms with E-state index in [0.717, 1.165) is 22.4 Å². The van der Waals surface area contributed by atoms with E-state index in [-0.39, 0.29) is 6.42 Å². The molecule has 0 spiro atoms. The fourth-order valence-electron chi connectivity index (χ4n) is 1.51. The Kier molecular flexibility index (Phi) is 5.33. The fourth-order valence-corrected chi connectivity index (χ4v) is 2.51. The highest BCUT2D eigenvalue weighted by Crippen LogP contribution is 2.30. The van der Waals surface area contributed by atoms with Gasteiger partial charge in [-0.1, -0.05) is 18.5 Å². The molecule has 0 aliphatic heterocycles. The second-order valence-corrected chi connectivity index (χ2v) is 4.85. The highest BCUT2D eigenvalue weighted by atomic mass is 35.5. The third-order valence-electron chi connectivity index (χ3n) is 2.27. The van der Waals surface area contributed by atoms with Crippen LogP contribution in [0.15, 0.2) is 17.0 Å². The summed E-state index contributed by atoms with van der Waals surface area (Å²) in [6.45, 7) is 1.96. The molecule has 0 aromatic heterocycles. The lowest BCUT2D eigenvalue weighted by atomic mass is 10.0. The molecule has 0 bridgehead atoms. The topological polar surface area (TPSA) is 61.1 Å². The predicted octanol–water partition coefficient (Wildman–Crippen LogP) is 3.15. The van der Waals surface area contributed by atoms with Gasteiger partial charge in [0, 0.05) is 4.90 Å². The van der Waals surface area contributed by atoms with Crippen LogP contribution >= 0.6 is 23.4 Å². The molecule has 1 aromatic rings. The Balaban J connectivity index is 3.08. The van der Waals surface area contributed by atoms with Crippen molar-refractivity contribution < 1.29 is 9.90 Å². The summed E-state index contributed by atoms with van der Waals surface area (Å²) in [6, 6.07) is 5.59. The Hall–Kier alpha value is -1.18. The molecule has 0 atom stereocenters. The lowest BCUT2D eigenvalue weighted by molar-refractivity contribution is -0.136. The molecule has 0 amide bonds. The first-order valence-corrected chi connectivity index (χ1v) is 6.47. The van der Waals surface area contributed by atoms with Gasteiger partial charge < -0.3 is 5.11 Å². The monoisotopic (exact) mass is 269 g/mol. The second kappa shape index (κ2) is 6.53. The highest BCUT2D eigenvalue weighted by molar-refractivity contribution is 7.99. The van der Waals surface area contributed by atoms with Crippen molar-refractivity contribution >= 4 is 29.3 Å². The number of hydrogen-bond acceptors (Lipinski definition) is 3. The number of halogens is 1. The van der Waals surface area contributed by atoms with Crippen molar-refractivity contribution in [3.05, 3.63) is 28.3 Å². The van der Waals surface area contributed by atoms with E-state index >= 15 is 0 Å². The summed E-state index contributed by atoms with van der Waals surface area (Å²) in [7, 11) is 0. The number of nitrogens with zero attached hydrogens (tertiary/aromatic N) is 1. The first kappa shape index (κ1) is 13.9. The van der Waals surface area contributed by atoms with Crippen LogP contribution in [0.1, 0.15) is 18.1 Å². The van der Waals surface area contributed by atoms with Crippen molar-refractivity contribution in [3.8, 4) is 6.07 Å². The molecule has 0 fully saturated rings. The standard InChI is InChI=1S/C12H12ClNO2S/c1-2-8-5-10(13)11(17-4-3-14)6-9(8)7-12(15)16/h5-6H,2,4,7H2,1H3,(H,15,16). The number of carboxylic acid groups (broad SMARTS) is 1. The van der Waals surface area contributed by atoms with Crippen LogP contribution in [0.25, 0.3) is 0 Å². The molecule has 0 saturated heterocycles. The fraction of sp³-hybridized carbons (Fsp3) is 0.333. The van der Waals surface area contributed by atoms with E-state index in [1.165, 1.54) is 11.8 Å². The molecule has 90 valence electrons. The van der Waals surface area contributed by atoms with Crippen LogP contribution in [0.3, 0.4) is 0 Å². The average Bonchev–Trinajstić information content (AvgIpc) is 2.28. The molecule has 1 rings (SSSR count). The number of thioether (sulfide) groups is 1. The summed E-state index contributed by atoms with van der Waals surface area (Å²) in [6.07, 6.45) is 0.728. The van der Waals surface area contributed by atoms with Gasteiger partial charge in [-0.25, -0.2) is 0 Å². The maximum absolute atomic E-state index is 10.8. The first-order chi connectivity index (χ1) is 8.08. The van der Waals surface area contributed by atoms with Crippen molar-refractivity contribution in [1.29, 1.82) is 5.26 Å². The largest absolute Gasteiger partial charge is 0.481 e. The zero-order valence-corrected chi connectivity index (χ0v) is 10.9. The maximum atomic E-state index is 10.8. The molecule has 5 heteroatoms. The maximum Gasteiger partial charge on any atom is 0.307 e. The van der Waals surface area contributed by atoms with Crippen LogP contribution in [0.4, 0.5) is 0 Å². The van der Waals surface area contributed by atoms with Crippen LogP contribution < -0.4 is 0 Å². The Morgan fingerprint density at radius 2 is 2.24 bits per heavy atom. The summed E-state index contributed by atoms with van der Waals surface area (Å²) in [5.74, 6) is -0.559.